The molecule has 3 rings (SSSR count). The zero-order valence-corrected chi connectivity index (χ0v) is 9.60. The van der Waals surface area contributed by atoms with Crippen molar-refractivity contribution in [3.63, 3.8) is 0 Å². The molecule has 1 aromatic heterocycles. The number of hydrogen-bond donors (Lipinski definition) is 0. The molecule has 1 aromatic carbocycles. The maximum absolute atomic E-state index is 13.3. The molecule has 1 aliphatic rings. The quantitative estimate of drug-likeness (QED) is 0.768. The number of rotatable bonds is 1. The smallest absolute Gasteiger partial charge is 0.142 e. The number of aromatic nitrogens is 1. The van der Waals surface area contributed by atoms with Crippen LogP contribution < -0.4 is 4.90 Å². The second-order valence-corrected chi connectivity index (χ2v) is 4.17. The van der Waals surface area contributed by atoms with Crippen LogP contribution in [-0.4, -0.2) is 11.5 Å². The largest absolute Gasteiger partial charge is 0.326 e. The second kappa shape index (κ2) is 4.11. The van der Waals surface area contributed by atoms with Gasteiger partial charge < -0.3 is 4.90 Å². The zero-order chi connectivity index (χ0) is 12.5. The van der Waals surface area contributed by atoms with Gasteiger partial charge in [-0.1, -0.05) is 12.1 Å². The summed E-state index contributed by atoms with van der Waals surface area (Å²) in [5.41, 5.74) is 2.33. The first kappa shape index (κ1) is 10.7. The minimum atomic E-state index is -0.253. The predicted octanol–water partition coefficient (Wildman–Crippen LogP) is 2.79. The van der Waals surface area contributed by atoms with Gasteiger partial charge in [0.05, 0.1) is 0 Å². The van der Waals surface area contributed by atoms with Crippen LogP contribution in [0.4, 0.5) is 15.9 Å². The topological polar surface area (TPSA) is 39.9 Å². The van der Waals surface area contributed by atoms with Gasteiger partial charge in [0.1, 0.15) is 23.4 Å². The van der Waals surface area contributed by atoms with Gasteiger partial charge >= 0.3 is 0 Å². The number of benzene rings is 1. The first-order chi connectivity index (χ1) is 8.78. The number of halogens is 1. The van der Waals surface area contributed by atoms with E-state index in [9.17, 15) is 4.39 Å². The molecule has 2 aromatic rings. The van der Waals surface area contributed by atoms with E-state index in [-0.39, 0.29) is 5.82 Å². The van der Waals surface area contributed by atoms with E-state index in [1.54, 1.807) is 18.2 Å². The van der Waals surface area contributed by atoms with Gasteiger partial charge in [-0.25, -0.2) is 9.37 Å². The van der Waals surface area contributed by atoms with E-state index in [2.05, 4.69) is 4.98 Å². The normalized spacial score (nSPS) is 13.2. The Kier molecular flexibility index (Phi) is 2.45. The number of hydrogen-bond acceptors (Lipinski definition) is 3. The van der Waals surface area contributed by atoms with Gasteiger partial charge in [-0.3, -0.25) is 0 Å². The molecular formula is C14H10FN3. The maximum atomic E-state index is 13.3. The van der Waals surface area contributed by atoms with E-state index < -0.39 is 0 Å². The Morgan fingerprint density at radius 3 is 3.00 bits per heavy atom. The van der Waals surface area contributed by atoms with Crippen LogP contribution in [-0.2, 0) is 6.42 Å². The van der Waals surface area contributed by atoms with Crippen molar-refractivity contribution in [2.75, 3.05) is 11.4 Å². The molecule has 0 atom stereocenters. The van der Waals surface area contributed by atoms with Gasteiger partial charge in [-0.05, 0) is 36.2 Å². The lowest BCUT2D eigenvalue weighted by atomic mass is 10.2. The summed E-state index contributed by atoms with van der Waals surface area (Å²) >= 11 is 0. The summed E-state index contributed by atoms with van der Waals surface area (Å²) in [4.78, 5) is 6.19. The van der Waals surface area contributed by atoms with Crippen LogP contribution in [0.25, 0.3) is 0 Å². The molecular weight excluding hydrogens is 229 g/mol. The molecule has 0 saturated heterocycles. The molecule has 0 saturated carbocycles. The van der Waals surface area contributed by atoms with Crippen molar-refractivity contribution in [1.29, 1.82) is 5.26 Å². The van der Waals surface area contributed by atoms with Crippen molar-refractivity contribution in [2.24, 2.45) is 0 Å². The third-order valence-corrected chi connectivity index (χ3v) is 3.07. The molecule has 0 amide bonds. The lowest BCUT2D eigenvalue weighted by Crippen LogP contribution is -2.15. The van der Waals surface area contributed by atoms with Gasteiger partial charge in [-0.15, -0.1) is 0 Å². The van der Waals surface area contributed by atoms with Crippen molar-refractivity contribution >= 4 is 11.5 Å². The molecule has 0 aliphatic carbocycles. The van der Waals surface area contributed by atoms with Crippen molar-refractivity contribution in [2.45, 2.75) is 6.42 Å². The van der Waals surface area contributed by atoms with Crippen LogP contribution in [0.2, 0.25) is 0 Å². The van der Waals surface area contributed by atoms with Crippen LogP contribution in [0.15, 0.2) is 36.4 Å². The van der Waals surface area contributed by atoms with Crippen LogP contribution in [0, 0.1) is 17.1 Å². The van der Waals surface area contributed by atoms with E-state index in [1.165, 1.54) is 12.1 Å². The molecule has 0 unspecified atom stereocenters. The molecule has 1 aliphatic heterocycles. The van der Waals surface area contributed by atoms with Crippen molar-refractivity contribution in [3.8, 4) is 6.07 Å². The minimum absolute atomic E-state index is 0.253. The van der Waals surface area contributed by atoms with Crippen LogP contribution in [0.1, 0.15) is 11.3 Å². The summed E-state index contributed by atoms with van der Waals surface area (Å²) in [6.07, 6.45) is 0.869. The lowest BCUT2D eigenvalue weighted by Gasteiger charge is -2.18. The molecule has 0 spiro atoms. The van der Waals surface area contributed by atoms with E-state index in [4.69, 9.17) is 5.26 Å². The molecule has 4 heteroatoms. The Labute approximate surface area is 104 Å². The first-order valence-electron chi connectivity index (χ1n) is 5.71. The standard InChI is InChI=1S/C14H10FN3/c15-11-5-4-10-6-7-18(13(10)8-11)14-3-1-2-12(9-16)17-14/h1-5,8H,6-7H2. The Morgan fingerprint density at radius 1 is 1.28 bits per heavy atom. The average molecular weight is 239 g/mol. The van der Waals surface area contributed by atoms with Gasteiger partial charge in [0.25, 0.3) is 0 Å². The van der Waals surface area contributed by atoms with Crippen LogP contribution in [0.5, 0.6) is 0 Å². The highest BCUT2D eigenvalue weighted by Crippen LogP contribution is 2.33. The van der Waals surface area contributed by atoms with E-state index >= 15 is 0 Å². The molecule has 0 fully saturated rings. The molecule has 0 N–H and O–H groups in total. The zero-order valence-electron chi connectivity index (χ0n) is 9.60. The summed E-state index contributed by atoms with van der Waals surface area (Å²) in [5.74, 6) is 0.440. The number of pyridine rings is 1. The Morgan fingerprint density at radius 2 is 2.17 bits per heavy atom. The summed E-state index contributed by atoms with van der Waals surface area (Å²) < 4.78 is 13.3. The van der Waals surface area contributed by atoms with Crippen molar-refractivity contribution in [3.05, 3.63) is 53.5 Å². The van der Waals surface area contributed by atoms with E-state index in [0.29, 0.717) is 11.5 Å². The highest BCUT2D eigenvalue weighted by Gasteiger charge is 2.21. The summed E-state index contributed by atoms with van der Waals surface area (Å²) in [5, 5.41) is 8.85. The van der Waals surface area contributed by atoms with Crippen molar-refractivity contribution < 1.29 is 4.39 Å². The maximum Gasteiger partial charge on any atom is 0.142 e. The monoisotopic (exact) mass is 239 g/mol. The fraction of sp³-hybridized carbons (Fsp3) is 0.143. The number of anilines is 2. The summed E-state index contributed by atoms with van der Waals surface area (Å²) in [6, 6.07) is 12.1. The molecule has 18 heavy (non-hydrogen) atoms. The second-order valence-electron chi connectivity index (χ2n) is 4.17. The van der Waals surface area contributed by atoms with E-state index in [1.807, 2.05) is 17.0 Å². The highest BCUT2D eigenvalue weighted by atomic mass is 19.1. The highest BCUT2D eigenvalue weighted by molar-refractivity contribution is 5.67. The van der Waals surface area contributed by atoms with Gasteiger partial charge in [-0.2, -0.15) is 5.26 Å². The van der Waals surface area contributed by atoms with E-state index in [0.717, 1.165) is 24.2 Å². The van der Waals surface area contributed by atoms with Gasteiger partial charge in [0, 0.05) is 12.2 Å². The number of nitriles is 1. The molecule has 3 nitrogen and oxygen atoms in total. The van der Waals surface area contributed by atoms with Gasteiger partial charge in [0.2, 0.25) is 0 Å². The van der Waals surface area contributed by atoms with Crippen LogP contribution >= 0.6 is 0 Å². The Balaban J connectivity index is 2.06. The van der Waals surface area contributed by atoms with Gasteiger partial charge in [0.15, 0.2) is 0 Å². The molecule has 0 bridgehead atoms. The van der Waals surface area contributed by atoms with Crippen molar-refractivity contribution in [1.82, 2.24) is 4.98 Å². The fourth-order valence-electron chi connectivity index (χ4n) is 2.23. The first-order valence-corrected chi connectivity index (χ1v) is 5.71. The minimum Gasteiger partial charge on any atom is -0.326 e. The third kappa shape index (κ3) is 1.70. The lowest BCUT2D eigenvalue weighted by molar-refractivity contribution is 0.628. The number of fused-ring (bicyclic) bond motifs is 1. The molecule has 2 heterocycles. The molecule has 0 radical (unpaired) electrons. The third-order valence-electron chi connectivity index (χ3n) is 3.07. The fourth-order valence-corrected chi connectivity index (χ4v) is 2.23. The number of nitrogens with zero attached hydrogens (tertiary/aromatic N) is 3. The Hall–Kier alpha value is -2.41. The molecule has 88 valence electrons. The predicted molar refractivity (Wildman–Crippen MR) is 66.1 cm³/mol. The summed E-state index contributed by atoms with van der Waals surface area (Å²) in [6.45, 7) is 0.765. The SMILES string of the molecule is N#Cc1cccc(N2CCc3ccc(F)cc32)n1. The van der Waals surface area contributed by atoms with Crippen LogP contribution in [0.3, 0.4) is 0 Å². The average Bonchev–Trinajstić information content (AvgIpc) is 2.81. The Bertz CT molecular complexity index is 646. The summed E-state index contributed by atoms with van der Waals surface area (Å²) in [7, 11) is 0.